The first-order valence-electron chi connectivity index (χ1n) is 7.89. The fraction of sp³-hybridized carbons (Fsp3) is 0.500. The van der Waals surface area contributed by atoms with E-state index in [1.807, 2.05) is 6.07 Å². The van der Waals surface area contributed by atoms with Crippen molar-refractivity contribution in [2.75, 3.05) is 31.5 Å². The van der Waals surface area contributed by atoms with Crippen LogP contribution in [-0.4, -0.2) is 58.7 Å². The highest BCUT2D eigenvalue weighted by molar-refractivity contribution is 7.87. The highest BCUT2D eigenvalue weighted by Crippen LogP contribution is 2.11. The van der Waals surface area contributed by atoms with Crippen LogP contribution in [0.4, 0.5) is 5.82 Å². The lowest BCUT2D eigenvalue weighted by Crippen LogP contribution is -2.40. The lowest BCUT2D eigenvalue weighted by atomic mass is 10.4. The first-order valence-corrected chi connectivity index (χ1v) is 9.33. The fourth-order valence-corrected chi connectivity index (χ4v) is 3.84. The Morgan fingerprint density at radius 2 is 2.00 bits per heavy atom. The second-order valence-corrected chi connectivity index (χ2v) is 7.30. The zero-order chi connectivity index (χ0) is 17.0. The van der Waals surface area contributed by atoms with Gasteiger partial charge in [0, 0.05) is 44.6 Å². The molecule has 0 spiro atoms. The van der Waals surface area contributed by atoms with Crippen LogP contribution in [-0.2, 0) is 10.2 Å². The second-order valence-electron chi connectivity index (χ2n) is 5.54. The van der Waals surface area contributed by atoms with Gasteiger partial charge in [0.2, 0.25) is 0 Å². The first-order chi connectivity index (χ1) is 11.5. The molecular weight excluding hydrogens is 330 g/mol. The molecule has 2 aromatic heterocycles. The molecule has 1 fully saturated rings. The van der Waals surface area contributed by atoms with E-state index in [4.69, 9.17) is 0 Å². The van der Waals surface area contributed by atoms with Crippen LogP contribution in [0.3, 0.4) is 0 Å². The van der Waals surface area contributed by atoms with Crippen molar-refractivity contribution >= 4 is 16.0 Å². The molecule has 24 heavy (non-hydrogen) atoms. The number of rotatable bonds is 7. The highest BCUT2D eigenvalue weighted by atomic mass is 32.2. The van der Waals surface area contributed by atoms with Crippen LogP contribution in [0.15, 0.2) is 24.5 Å². The summed E-state index contributed by atoms with van der Waals surface area (Å²) in [5.41, 5.74) is 0. The molecule has 3 rings (SSSR count). The van der Waals surface area contributed by atoms with Crippen LogP contribution in [0.25, 0.3) is 5.82 Å². The molecule has 0 bridgehead atoms. The van der Waals surface area contributed by atoms with Gasteiger partial charge in [0.25, 0.3) is 10.2 Å². The molecule has 10 heteroatoms. The molecule has 2 aromatic rings. The van der Waals surface area contributed by atoms with Crippen molar-refractivity contribution in [2.45, 2.75) is 19.8 Å². The maximum absolute atomic E-state index is 12.1. The normalized spacial score (nSPS) is 15.7. The SMILES string of the molecule is Cc1nc(NCCNS(=O)(=O)N2CCCC2)cc(-n2cccn2)n1. The Morgan fingerprint density at radius 3 is 2.71 bits per heavy atom. The molecule has 0 atom stereocenters. The lowest BCUT2D eigenvalue weighted by molar-refractivity contribution is 0.466. The van der Waals surface area contributed by atoms with Crippen molar-refractivity contribution < 1.29 is 8.42 Å². The smallest absolute Gasteiger partial charge is 0.279 e. The average molecular weight is 351 g/mol. The molecule has 2 N–H and O–H groups in total. The Labute approximate surface area is 141 Å². The van der Waals surface area contributed by atoms with Crippen LogP contribution in [0, 0.1) is 6.92 Å². The van der Waals surface area contributed by atoms with Crippen molar-refractivity contribution in [1.29, 1.82) is 0 Å². The molecule has 1 saturated heterocycles. The van der Waals surface area contributed by atoms with Gasteiger partial charge in [-0.05, 0) is 25.8 Å². The molecule has 0 unspecified atom stereocenters. The van der Waals surface area contributed by atoms with E-state index in [-0.39, 0.29) is 0 Å². The van der Waals surface area contributed by atoms with E-state index in [2.05, 4.69) is 25.1 Å². The summed E-state index contributed by atoms with van der Waals surface area (Å²) >= 11 is 0. The molecule has 1 aliphatic rings. The Bertz CT molecular complexity index is 770. The largest absolute Gasteiger partial charge is 0.369 e. The molecule has 0 aliphatic carbocycles. The van der Waals surface area contributed by atoms with Gasteiger partial charge in [-0.25, -0.2) is 19.4 Å². The lowest BCUT2D eigenvalue weighted by Gasteiger charge is -2.16. The van der Waals surface area contributed by atoms with Crippen LogP contribution < -0.4 is 10.0 Å². The van der Waals surface area contributed by atoms with Gasteiger partial charge in [0.15, 0.2) is 5.82 Å². The standard InChI is InChI=1S/C14H21N7O2S/c1-12-18-13(11-14(19-12)21-10-4-5-16-21)15-6-7-17-24(22,23)20-8-2-3-9-20/h4-5,10-11,17H,2-3,6-9H2,1H3,(H,15,18,19). The van der Waals surface area contributed by atoms with E-state index in [1.54, 1.807) is 30.1 Å². The third kappa shape index (κ3) is 4.08. The first kappa shape index (κ1) is 16.8. The number of hydrogen-bond acceptors (Lipinski definition) is 6. The summed E-state index contributed by atoms with van der Waals surface area (Å²) in [5.74, 6) is 1.91. The molecule has 0 aromatic carbocycles. The number of aromatic nitrogens is 4. The average Bonchev–Trinajstić information content (AvgIpc) is 3.23. The van der Waals surface area contributed by atoms with Gasteiger partial charge >= 0.3 is 0 Å². The summed E-state index contributed by atoms with van der Waals surface area (Å²) in [6.45, 7) is 3.72. The molecule has 9 nitrogen and oxygen atoms in total. The molecule has 3 heterocycles. The number of hydrogen-bond donors (Lipinski definition) is 2. The predicted molar refractivity (Wildman–Crippen MR) is 90.1 cm³/mol. The second kappa shape index (κ2) is 7.24. The van der Waals surface area contributed by atoms with Crippen LogP contribution in [0.1, 0.15) is 18.7 Å². The molecule has 1 aliphatic heterocycles. The van der Waals surface area contributed by atoms with E-state index < -0.39 is 10.2 Å². The molecule has 130 valence electrons. The van der Waals surface area contributed by atoms with Crippen LogP contribution in [0.2, 0.25) is 0 Å². The maximum Gasteiger partial charge on any atom is 0.279 e. The minimum absolute atomic E-state index is 0.291. The Hall–Kier alpha value is -2.04. The Kier molecular flexibility index (Phi) is 5.07. The van der Waals surface area contributed by atoms with Gasteiger partial charge in [-0.15, -0.1) is 0 Å². The van der Waals surface area contributed by atoms with Crippen molar-refractivity contribution in [3.05, 3.63) is 30.4 Å². The summed E-state index contributed by atoms with van der Waals surface area (Å²) in [6.07, 6.45) is 5.33. The van der Waals surface area contributed by atoms with Crippen molar-refractivity contribution in [2.24, 2.45) is 0 Å². The van der Waals surface area contributed by atoms with E-state index in [0.29, 0.717) is 43.6 Å². The third-order valence-corrected chi connectivity index (χ3v) is 5.30. The van der Waals surface area contributed by atoms with E-state index in [1.165, 1.54) is 4.31 Å². The summed E-state index contributed by atoms with van der Waals surface area (Å²) in [4.78, 5) is 8.63. The van der Waals surface area contributed by atoms with E-state index in [9.17, 15) is 8.42 Å². The number of nitrogens with zero attached hydrogens (tertiary/aromatic N) is 5. The van der Waals surface area contributed by atoms with Gasteiger partial charge in [-0.2, -0.15) is 17.8 Å². The van der Waals surface area contributed by atoms with Gasteiger partial charge < -0.3 is 5.32 Å². The Morgan fingerprint density at radius 1 is 1.21 bits per heavy atom. The van der Waals surface area contributed by atoms with Crippen LogP contribution in [0.5, 0.6) is 0 Å². The Balaban J connectivity index is 1.55. The van der Waals surface area contributed by atoms with Crippen LogP contribution >= 0.6 is 0 Å². The molecule has 0 amide bonds. The van der Waals surface area contributed by atoms with Gasteiger partial charge in [0.05, 0.1) is 0 Å². The topological polar surface area (TPSA) is 105 Å². The van der Waals surface area contributed by atoms with Crippen molar-refractivity contribution in [3.8, 4) is 5.82 Å². The van der Waals surface area contributed by atoms with Gasteiger partial charge in [-0.1, -0.05) is 0 Å². The predicted octanol–water partition coefficient (Wildman–Crippen LogP) is 0.313. The fourth-order valence-electron chi connectivity index (χ4n) is 2.55. The quantitative estimate of drug-likeness (QED) is 0.696. The van der Waals surface area contributed by atoms with E-state index >= 15 is 0 Å². The number of anilines is 1. The summed E-state index contributed by atoms with van der Waals surface area (Å²) < 4.78 is 29.9. The highest BCUT2D eigenvalue weighted by Gasteiger charge is 2.24. The van der Waals surface area contributed by atoms with E-state index in [0.717, 1.165) is 12.8 Å². The summed E-state index contributed by atoms with van der Waals surface area (Å²) in [7, 11) is -3.37. The summed E-state index contributed by atoms with van der Waals surface area (Å²) in [6, 6.07) is 3.59. The monoisotopic (exact) mass is 351 g/mol. The third-order valence-electron chi connectivity index (χ3n) is 3.68. The van der Waals surface area contributed by atoms with Gasteiger partial charge in [0.1, 0.15) is 11.6 Å². The molecular formula is C14H21N7O2S. The molecule has 0 saturated carbocycles. The van der Waals surface area contributed by atoms with Crippen molar-refractivity contribution in [1.82, 2.24) is 28.8 Å². The minimum atomic E-state index is -3.37. The number of nitrogens with one attached hydrogen (secondary N) is 2. The zero-order valence-electron chi connectivity index (χ0n) is 13.5. The zero-order valence-corrected chi connectivity index (χ0v) is 14.3. The van der Waals surface area contributed by atoms with Gasteiger partial charge in [-0.3, -0.25) is 0 Å². The summed E-state index contributed by atoms with van der Waals surface area (Å²) in [5, 5.41) is 7.26. The maximum atomic E-state index is 12.1. The minimum Gasteiger partial charge on any atom is -0.369 e. The van der Waals surface area contributed by atoms with Crippen molar-refractivity contribution in [3.63, 3.8) is 0 Å². The molecule has 0 radical (unpaired) electrons. The number of aryl methyl sites for hydroxylation is 1.